The molecular formula is C19H21BClFO3. The summed E-state index contributed by atoms with van der Waals surface area (Å²) in [6.45, 7) is 8.21. The summed E-state index contributed by atoms with van der Waals surface area (Å²) in [6, 6.07) is 11.7. The molecule has 1 aliphatic rings. The maximum Gasteiger partial charge on any atom is 0.498 e. The quantitative estimate of drug-likeness (QED) is 0.757. The molecule has 1 saturated heterocycles. The zero-order chi connectivity index (χ0) is 18.2. The molecule has 2 aromatic carbocycles. The third kappa shape index (κ3) is 3.84. The number of rotatable bonds is 4. The van der Waals surface area contributed by atoms with Crippen molar-refractivity contribution in [2.75, 3.05) is 0 Å². The van der Waals surface area contributed by atoms with Crippen molar-refractivity contribution in [3.63, 3.8) is 0 Å². The van der Waals surface area contributed by atoms with E-state index in [2.05, 4.69) is 0 Å². The molecule has 1 aliphatic heterocycles. The van der Waals surface area contributed by atoms with Crippen LogP contribution in [-0.4, -0.2) is 18.3 Å². The Morgan fingerprint density at radius 1 is 1.00 bits per heavy atom. The standard InChI is InChI=1S/C19H21BClFO3/c1-18(2)19(3,4)25-20(24-18)16-10-9-15(22)11-17(16)23-12-13-5-7-14(21)8-6-13/h5-11H,12H2,1-4H3. The van der Waals surface area contributed by atoms with Gasteiger partial charge >= 0.3 is 7.12 Å². The fraction of sp³-hybridized carbons (Fsp3) is 0.368. The van der Waals surface area contributed by atoms with Crippen molar-refractivity contribution >= 4 is 24.2 Å². The molecule has 1 fully saturated rings. The normalized spacial score (nSPS) is 18.4. The summed E-state index contributed by atoms with van der Waals surface area (Å²) in [6.07, 6.45) is 0. The van der Waals surface area contributed by atoms with Crippen molar-refractivity contribution in [1.29, 1.82) is 0 Å². The lowest BCUT2D eigenvalue weighted by Gasteiger charge is -2.32. The molecule has 3 nitrogen and oxygen atoms in total. The summed E-state index contributed by atoms with van der Waals surface area (Å²) in [5, 5.41) is 0.660. The number of hydrogen-bond acceptors (Lipinski definition) is 3. The molecule has 3 rings (SSSR count). The van der Waals surface area contributed by atoms with E-state index in [4.69, 9.17) is 25.6 Å². The second kappa shape index (κ2) is 6.63. The first-order valence-electron chi connectivity index (χ1n) is 8.20. The predicted molar refractivity (Wildman–Crippen MR) is 97.9 cm³/mol. The Kier molecular flexibility index (Phi) is 4.84. The molecule has 0 saturated carbocycles. The highest BCUT2D eigenvalue weighted by atomic mass is 35.5. The van der Waals surface area contributed by atoms with E-state index in [0.29, 0.717) is 22.8 Å². The van der Waals surface area contributed by atoms with Crippen LogP contribution in [-0.2, 0) is 15.9 Å². The first-order chi connectivity index (χ1) is 11.7. The zero-order valence-corrected chi connectivity index (χ0v) is 15.6. The molecule has 0 atom stereocenters. The summed E-state index contributed by atoms with van der Waals surface area (Å²) in [5.41, 5.74) is 0.668. The number of ether oxygens (including phenoxy) is 1. The largest absolute Gasteiger partial charge is 0.498 e. The summed E-state index contributed by atoms with van der Waals surface area (Å²) < 4.78 is 31.7. The fourth-order valence-corrected chi connectivity index (χ4v) is 2.67. The van der Waals surface area contributed by atoms with Gasteiger partial charge in [-0.1, -0.05) is 29.8 Å². The van der Waals surface area contributed by atoms with Crippen molar-refractivity contribution in [2.45, 2.75) is 45.5 Å². The van der Waals surface area contributed by atoms with Crippen LogP contribution < -0.4 is 10.2 Å². The molecule has 0 aromatic heterocycles. The summed E-state index contributed by atoms with van der Waals surface area (Å²) in [7, 11) is -0.606. The Bertz CT molecular complexity index is 746. The van der Waals surface area contributed by atoms with E-state index in [1.54, 1.807) is 18.2 Å². The molecule has 0 radical (unpaired) electrons. The zero-order valence-electron chi connectivity index (χ0n) is 14.8. The van der Waals surface area contributed by atoms with Crippen molar-refractivity contribution in [1.82, 2.24) is 0 Å². The van der Waals surface area contributed by atoms with Crippen LogP contribution >= 0.6 is 11.6 Å². The molecule has 0 aliphatic carbocycles. The molecule has 0 bridgehead atoms. The van der Waals surface area contributed by atoms with E-state index < -0.39 is 18.3 Å². The maximum absolute atomic E-state index is 13.7. The van der Waals surface area contributed by atoms with Gasteiger partial charge in [0.05, 0.1) is 11.2 Å². The van der Waals surface area contributed by atoms with Gasteiger partial charge in [0.1, 0.15) is 18.2 Å². The molecule has 0 amide bonds. The van der Waals surface area contributed by atoms with Crippen LogP contribution in [0.5, 0.6) is 5.75 Å². The van der Waals surface area contributed by atoms with Gasteiger partial charge in [-0.2, -0.15) is 0 Å². The van der Waals surface area contributed by atoms with Crippen LogP contribution in [0, 0.1) is 5.82 Å². The van der Waals surface area contributed by atoms with Gasteiger partial charge in [-0.05, 0) is 51.5 Å². The average molecular weight is 363 g/mol. The second-order valence-corrected chi connectivity index (χ2v) is 7.62. The minimum atomic E-state index is -0.606. The van der Waals surface area contributed by atoms with Crippen LogP contribution in [0.1, 0.15) is 33.3 Å². The Hall–Kier alpha value is -1.56. The maximum atomic E-state index is 13.7. The number of hydrogen-bond donors (Lipinski definition) is 0. The lowest BCUT2D eigenvalue weighted by molar-refractivity contribution is 0.00578. The van der Waals surface area contributed by atoms with E-state index in [9.17, 15) is 4.39 Å². The van der Waals surface area contributed by atoms with E-state index in [1.165, 1.54) is 12.1 Å². The van der Waals surface area contributed by atoms with Gasteiger partial charge in [0.25, 0.3) is 0 Å². The third-order valence-electron chi connectivity index (χ3n) is 4.79. The third-order valence-corrected chi connectivity index (χ3v) is 5.04. The predicted octanol–water partition coefficient (Wildman–Crippen LogP) is 4.36. The van der Waals surface area contributed by atoms with Gasteiger partial charge in [0.15, 0.2) is 0 Å². The van der Waals surface area contributed by atoms with Crippen LogP contribution in [0.25, 0.3) is 0 Å². The van der Waals surface area contributed by atoms with Crippen molar-refractivity contribution in [3.05, 3.63) is 58.9 Å². The molecule has 0 unspecified atom stereocenters. The van der Waals surface area contributed by atoms with E-state index in [-0.39, 0.29) is 5.82 Å². The summed E-state index contributed by atoms with van der Waals surface area (Å²) in [4.78, 5) is 0. The summed E-state index contributed by atoms with van der Waals surface area (Å²) >= 11 is 5.89. The van der Waals surface area contributed by atoms with Gasteiger partial charge in [-0.25, -0.2) is 4.39 Å². The Morgan fingerprint density at radius 2 is 1.60 bits per heavy atom. The smallest absolute Gasteiger partial charge is 0.489 e. The van der Waals surface area contributed by atoms with Crippen molar-refractivity contribution in [3.8, 4) is 5.75 Å². The number of halogens is 2. The second-order valence-electron chi connectivity index (χ2n) is 7.19. The van der Waals surface area contributed by atoms with Gasteiger partial charge < -0.3 is 14.0 Å². The first kappa shape index (κ1) is 18.2. The SMILES string of the molecule is CC1(C)OB(c2ccc(F)cc2OCc2ccc(Cl)cc2)OC1(C)C. The lowest BCUT2D eigenvalue weighted by Crippen LogP contribution is -2.41. The molecule has 0 spiro atoms. The van der Waals surface area contributed by atoms with Crippen LogP contribution in [0.3, 0.4) is 0 Å². The Morgan fingerprint density at radius 3 is 2.20 bits per heavy atom. The highest BCUT2D eigenvalue weighted by molar-refractivity contribution is 6.63. The molecule has 2 aromatic rings. The average Bonchev–Trinajstić information content (AvgIpc) is 2.75. The first-order valence-corrected chi connectivity index (χ1v) is 8.58. The topological polar surface area (TPSA) is 27.7 Å². The summed E-state index contributed by atoms with van der Waals surface area (Å²) in [5.74, 6) is 0.0415. The van der Waals surface area contributed by atoms with Gasteiger partial charge in [0.2, 0.25) is 0 Å². The molecular weight excluding hydrogens is 341 g/mol. The van der Waals surface area contributed by atoms with Crippen molar-refractivity contribution < 1.29 is 18.4 Å². The lowest BCUT2D eigenvalue weighted by atomic mass is 9.78. The van der Waals surface area contributed by atoms with Crippen LogP contribution in [0.4, 0.5) is 4.39 Å². The van der Waals surface area contributed by atoms with Crippen molar-refractivity contribution in [2.24, 2.45) is 0 Å². The van der Waals surface area contributed by atoms with Crippen LogP contribution in [0.2, 0.25) is 5.02 Å². The highest BCUT2D eigenvalue weighted by Gasteiger charge is 2.52. The molecule has 6 heteroatoms. The van der Waals surface area contributed by atoms with Gasteiger partial charge in [-0.3, -0.25) is 0 Å². The fourth-order valence-electron chi connectivity index (χ4n) is 2.54. The molecule has 132 valence electrons. The Balaban J connectivity index is 1.83. The highest BCUT2D eigenvalue weighted by Crippen LogP contribution is 2.37. The van der Waals surface area contributed by atoms with Gasteiger partial charge in [0, 0.05) is 16.6 Å². The molecule has 25 heavy (non-hydrogen) atoms. The number of benzene rings is 2. The molecule has 1 heterocycles. The van der Waals surface area contributed by atoms with Gasteiger partial charge in [-0.15, -0.1) is 0 Å². The monoisotopic (exact) mass is 362 g/mol. The minimum Gasteiger partial charge on any atom is -0.489 e. The minimum absolute atomic E-state index is 0.299. The van der Waals surface area contributed by atoms with E-state index >= 15 is 0 Å². The van der Waals surface area contributed by atoms with E-state index in [1.807, 2.05) is 39.8 Å². The Labute approximate surface area is 153 Å². The van der Waals surface area contributed by atoms with Crippen LogP contribution in [0.15, 0.2) is 42.5 Å². The molecule has 0 N–H and O–H groups in total. The van der Waals surface area contributed by atoms with E-state index in [0.717, 1.165) is 5.56 Å².